The molecule has 1 aromatic carbocycles. The van der Waals surface area contributed by atoms with Crippen LogP contribution in [-0.4, -0.2) is 20.7 Å². The number of hydrogen-bond donors (Lipinski definition) is 2. The molecular weight excluding hydrogens is 323 g/mol. The third kappa shape index (κ3) is 3.50. The summed E-state index contributed by atoms with van der Waals surface area (Å²) in [4.78, 5) is 25.8. The predicted molar refractivity (Wildman–Crippen MR) is 91.2 cm³/mol. The summed E-state index contributed by atoms with van der Waals surface area (Å²) in [5.74, 6) is -0.604. The summed E-state index contributed by atoms with van der Waals surface area (Å²) in [6.07, 6.45) is 3.05. The van der Waals surface area contributed by atoms with Crippen LogP contribution in [0.1, 0.15) is 34.6 Å². The first-order valence-corrected chi connectivity index (χ1v) is 7.76. The van der Waals surface area contributed by atoms with Crippen molar-refractivity contribution in [1.82, 2.24) is 20.1 Å². The van der Waals surface area contributed by atoms with Crippen molar-refractivity contribution in [2.24, 2.45) is 0 Å². The molecule has 0 saturated carbocycles. The van der Waals surface area contributed by atoms with Gasteiger partial charge in [0.15, 0.2) is 0 Å². The molecule has 7 heteroatoms. The average molecular weight is 340 g/mol. The molecule has 0 radical (unpaired) electrons. The van der Waals surface area contributed by atoms with Gasteiger partial charge in [0, 0.05) is 23.5 Å². The maximum absolute atomic E-state index is 13.1. The van der Waals surface area contributed by atoms with Crippen LogP contribution in [0.5, 0.6) is 0 Å². The lowest BCUT2D eigenvalue weighted by Crippen LogP contribution is -2.27. The second-order valence-electron chi connectivity index (χ2n) is 5.71. The van der Waals surface area contributed by atoms with Crippen molar-refractivity contribution in [3.05, 3.63) is 81.8 Å². The Bertz CT molecular complexity index is 939. The number of pyridine rings is 1. The third-order valence-electron chi connectivity index (χ3n) is 3.98. The second-order valence-corrected chi connectivity index (χ2v) is 5.71. The lowest BCUT2D eigenvalue weighted by molar-refractivity contribution is 0.0939. The number of nitrogens with zero attached hydrogens (tertiary/aromatic N) is 2. The molecule has 25 heavy (non-hydrogen) atoms. The van der Waals surface area contributed by atoms with E-state index in [1.807, 2.05) is 13.8 Å². The molecule has 0 aliphatic rings. The van der Waals surface area contributed by atoms with Crippen LogP contribution in [0, 0.1) is 12.7 Å². The van der Waals surface area contributed by atoms with Crippen LogP contribution in [0.25, 0.3) is 5.69 Å². The molecule has 2 heterocycles. The minimum absolute atomic E-state index is 0.263. The number of halogens is 1. The van der Waals surface area contributed by atoms with E-state index in [0.29, 0.717) is 5.56 Å². The van der Waals surface area contributed by atoms with E-state index in [1.54, 1.807) is 23.0 Å². The van der Waals surface area contributed by atoms with E-state index in [4.69, 9.17) is 0 Å². The monoisotopic (exact) mass is 340 g/mol. The van der Waals surface area contributed by atoms with Gasteiger partial charge in [-0.15, -0.1) is 0 Å². The Morgan fingerprint density at radius 1 is 1.24 bits per heavy atom. The third-order valence-corrected chi connectivity index (χ3v) is 3.98. The van der Waals surface area contributed by atoms with E-state index < -0.39 is 0 Å². The summed E-state index contributed by atoms with van der Waals surface area (Å²) in [5, 5.41) is 7.20. The van der Waals surface area contributed by atoms with Gasteiger partial charge in [-0.05, 0) is 44.2 Å². The number of rotatable bonds is 4. The van der Waals surface area contributed by atoms with E-state index in [9.17, 15) is 14.0 Å². The molecule has 1 amide bonds. The summed E-state index contributed by atoms with van der Waals surface area (Å²) in [6, 6.07) is 8.52. The zero-order valence-electron chi connectivity index (χ0n) is 13.8. The van der Waals surface area contributed by atoms with Crippen LogP contribution in [0.15, 0.2) is 53.6 Å². The SMILES string of the molecule is Cc1c(C(C)NC(=O)c2ccc(=O)[nH]c2)cnn1-c1ccc(F)cc1. The van der Waals surface area contributed by atoms with Crippen LogP contribution in [0.3, 0.4) is 0 Å². The van der Waals surface area contributed by atoms with Crippen molar-refractivity contribution in [3.63, 3.8) is 0 Å². The Balaban J connectivity index is 1.80. The highest BCUT2D eigenvalue weighted by Crippen LogP contribution is 2.20. The second kappa shape index (κ2) is 6.72. The minimum atomic E-state index is -0.310. The van der Waals surface area contributed by atoms with Crippen LogP contribution in [0.4, 0.5) is 4.39 Å². The smallest absolute Gasteiger partial charge is 0.253 e. The zero-order valence-corrected chi connectivity index (χ0v) is 13.8. The molecule has 0 spiro atoms. The van der Waals surface area contributed by atoms with Crippen molar-refractivity contribution in [1.29, 1.82) is 0 Å². The van der Waals surface area contributed by atoms with Gasteiger partial charge in [-0.3, -0.25) is 9.59 Å². The Morgan fingerprint density at radius 2 is 1.96 bits per heavy atom. The van der Waals surface area contributed by atoms with Crippen molar-refractivity contribution >= 4 is 5.91 Å². The van der Waals surface area contributed by atoms with Gasteiger partial charge in [0.1, 0.15) is 5.82 Å². The molecule has 0 fully saturated rings. The van der Waals surface area contributed by atoms with E-state index in [0.717, 1.165) is 16.9 Å². The van der Waals surface area contributed by atoms with Crippen molar-refractivity contribution < 1.29 is 9.18 Å². The number of aromatic amines is 1. The fourth-order valence-corrected chi connectivity index (χ4v) is 2.60. The summed E-state index contributed by atoms with van der Waals surface area (Å²) >= 11 is 0. The largest absolute Gasteiger partial charge is 0.345 e. The molecule has 128 valence electrons. The quantitative estimate of drug-likeness (QED) is 0.766. The summed E-state index contributed by atoms with van der Waals surface area (Å²) in [5.41, 5.74) is 2.54. The fourth-order valence-electron chi connectivity index (χ4n) is 2.60. The molecular formula is C18H17FN4O2. The standard InChI is InChI=1S/C18H17FN4O2/c1-11(22-18(25)13-3-8-17(24)20-9-13)16-10-21-23(12(16)2)15-6-4-14(19)5-7-15/h3-11H,1-2H3,(H,20,24)(H,22,25). The van der Waals surface area contributed by atoms with Gasteiger partial charge in [-0.25, -0.2) is 9.07 Å². The van der Waals surface area contributed by atoms with E-state index in [-0.39, 0.29) is 23.3 Å². The van der Waals surface area contributed by atoms with Crippen LogP contribution < -0.4 is 10.9 Å². The van der Waals surface area contributed by atoms with Crippen LogP contribution >= 0.6 is 0 Å². The first-order chi connectivity index (χ1) is 12.0. The maximum Gasteiger partial charge on any atom is 0.253 e. The molecule has 3 rings (SSSR count). The van der Waals surface area contributed by atoms with E-state index in [2.05, 4.69) is 15.4 Å². The molecule has 6 nitrogen and oxygen atoms in total. The molecule has 3 aromatic rings. The number of amides is 1. The highest BCUT2D eigenvalue weighted by molar-refractivity contribution is 5.94. The number of carbonyl (C=O) groups is 1. The maximum atomic E-state index is 13.1. The summed E-state index contributed by atoms with van der Waals surface area (Å²) in [7, 11) is 0. The fraction of sp³-hybridized carbons (Fsp3) is 0.167. The molecule has 0 bridgehead atoms. The van der Waals surface area contributed by atoms with Crippen molar-refractivity contribution in [2.45, 2.75) is 19.9 Å². The Kier molecular flexibility index (Phi) is 4.47. The van der Waals surface area contributed by atoms with Crippen molar-refractivity contribution in [3.8, 4) is 5.69 Å². The Hall–Kier alpha value is -3.22. The van der Waals surface area contributed by atoms with Gasteiger partial charge in [0.25, 0.3) is 5.91 Å². The van der Waals surface area contributed by atoms with Gasteiger partial charge in [-0.1, -0.05) is 0 Å². The van der Waals surface area contributed by atoms with E-state index >= 15 is 0 Å². The normalized spacial score (nSPS) is 12.0. The summed E-state index contributed by atoms with van der Waals surface area (Å²) < 4.78 is 14.8. The van der Waals surface area contributed by atoms with Crippen LogP contribution in [0.2, 0.25) is 0 Å². The van der Waals surface area contributed by atoms with Gasteiger partial charge < -0.3 is 10.3 Å². The molecule has 1 atom stereocenters. The topological polar surface area (TPSA) is 79.8 Å². The molecule has 0 aliphatic carbocycles. The molecule has 0 aliphatic heterocycles. The average Bonchev–Trinajstić information content (AvgIpc) is 2.98. The van der Waals surface area contributed by atoms with E-state index in [1.165, 1.54) is 30.5 Å². The highest BCUT2D eigenvalue weighted by Gasteiger charge is 2.17. The minimum Gasteiger partial charge on any atom is -0.345 e. The van der Waals surface area contributed by atoms with Gasteiger partial charge in [0.05, 0.1) is 23.5 Å². The van der Waals surface area contributed by atoms with Gasteiger partial charge >= 0.3 is 0 Å². The van der Waals surface area contributed by atoms with Gasteiger partial charge in [-0.2, -0.15) is 5.10 Å². The predicted octanol–water partition coefficient (Wildman–Crippen LogP) is 2.50. The van der Waals surface area contributed by atoms with Gasteiger partial charge in [0.2, 0.25) is 5.56 Å². The Morgan fingerprint density at radius 3 is 2.60 bits per heavy atom. The number of hydrogen-bond acceptors (Lipinski definition) is 3. The lowest BCUT2D eigenvalue weighted by Gasteiger charge is -2.14. The zero-order chi connectivity index (χ0) is 18.0. The lowest BCUT2D eigenvalue weighted by atomic mass is 10.1. The first kappa shape index (κ1) is 16.6. The van der Waals surface area contributed by atoms with Crippen LogP contribution in [-0.2, 0) is 0 Å². The molecule has 2 aromatic heterocycles. The molecule has 2 N–H and O–H groups in total. The first-order valence-electron chi connectivity index (χ1n) is 7.76. The summed E-state index contributed by atoms with van der Waals surface area (Å²) in [6.45, 7) is 3.73. The Labute approximate surface area is 143 Å². The number of H-pyrrole nitrogens is 1. The number of aromatic nitrogens is 3. The molecule has 0 saturated heterocycles. The highest BCUT2D eigenvalue weighted by atomic mass is 19.1. The molecule has 1 unspecified atom stereocenters. The van der Waals surface area contributed by atoms with Crippen molar-refractivity contribution in [2.75, 3.05) is 0 Å². The number of benzene rings is 1. The number of nitrogens with one attached hydrogen (secondary N) is 2. The number of carbonyl (C=O) groups excluding carboxylic acids is 1.